The van der Waals surface area contributed by atoms with Crippen LogP contribution in [0.25, 0.3) is 0 Å². The number of fused-ring (bicyclic) bond motifs is 1. The first-order valence-corrected chi connectivity index (χ1v) is 26.6. The minimum Gasteiger partial charge on any atom is -0.386 e. The number of benzene rings is 5. The first-order chi connectivity index (χ1) is 36.4. The van der Waals surface area contributed by atoms with Crippen LogP contribution in [0.3, 0.4) is 0 Å². The third kappa shape index (κ3) is 13.9. The molecule has 0 bridgehead atoms. The Hall–Kier alpha value is -5.04. The van der Waals surface area contributed by atoms with Crippen molar-refractivity contribution >= 4 is 16.0 Å². The van der Waals surface area contributed by atoms with Crippen LogP contribution in [0.1, 0.15) is 48.0 Å². The molecule has 19 heteroatoms. The molecule has 3 N–H and O–H groups in total. The van der Waals surface area contributed by atoms with Gasteiger partial charge in [0.1, 0.15) is 66.2 Å². The van der Waals surface area contributed by atoms with Crippen LogP contribution < -0.4 is 5.32 Å². The predicted octanol–water partition coefficient (Wildman–Crippen LogP) is 5.81. The van der Waals surface area contributed by atoms with E-state index in [4.69, 9.17) is 56.8 Å². The molecule has 0 spiro atoms. The summed E-state index contributed by atoms with van der Waals surface area (Å²) in [7, 11) is -3.70. The van der Waals surface area contributed by atoms with Crippen molar-refractivity contribution in [2.24, 2.45) is 0 Å². The highest BCUT2D eigenvalue weighted by atomic mass is 32.2. The molecule has 0 aliphatic carbocycles. The highest BCUT2D eigenvalue weighted by molar-refractivity contribution is 7.86. The lowest BCUT2D eigenvalue weighted by Gasteiger charge is -2.52. The average molecular weight is 1060 g/mol. The summed E-state index contributed by atoms with van der Waals surface area (Å²) in [5, 5.41) is 13.0. The molecule has 4 aliphatic rings. The van der Waals surface area contributed by atoms with Crippen LogP contribution in [-0.4, -0.2) is 136 Å². The summed E-state index contributed by atoms with van der Waals surface area (Å²) < 4.78 is 116. The highest BCUT2D eigenvalue weighted by Gasteiger charge is 2.59. The summed E-state index contributed by atoms with van der Waals surface area (Å²) in [6.45, 7) is 3.44. The van der Waals surface area contributed by atoms with Crippen LogP contribution in [0.4, 0.5) is 0 Å². The van der Waals surface area contributed by atoms with Gasteiger partial charge in [-0.25, -0.2) is 0 Å². The Morgan fingerprint density at radius 1 is 0.613 bits per heavy atom. The van der Waals surface area contributed by atoms with E-state index in [2.05, 4.69) is 5.32 Å². The van der Waals surface area contributed by atoms with Crippen molar-refractivity contribution in [2.75, 3.05) is 20.3 Å². The smallest absolute Gasteiger partial charge is 0.273 e. The molecule has 1 amide bonds. The van der Waals surface area contributed by atoms with Crippen molar-refractivity contribution in [3.05, 3.63) is 179 Å². The number of nitrogens with one attached hydrogen (secondary N) is 1. The minimum atomic E-state index is -5.08. The van der Waals surface area contributed by atoms with Gasteiger partial charge in [0, 0.05) is 19.6 Å². The van der Waals surface area contributed by atoms with Crippen LogP contribution in [0.2, 0.25) is 0 Å². The van der Waals surface area contributed by atoms with E-state index in [9.17, 15) is 22.9 Å². The van der Waals surface area contributed by atoms with Crippen molar-refractivity contribution in [1.29, 1.82) is 0 Å². The van der Waals surface area contributed by atoms with Gasteiger partial charge in [0.15, 0.2) is 25.2 Å². The minimum absolute atomic E-state index is 0.0989. The molecule has 402 valence electrons. The fourth-order valence-corrected chi connectivity index (χ4v) is 11.0. The number of aliphatic hydroxyl groups excluding tert-OH is 1. The molecular formula is C56H65NO17S. The van der Waals surface area contributed by atoms with Crippen molar-refractivity contribution in [2.45, 2.75) is 138 Å². The Kier molecular flexibility index (Phi) is 18.9. The van der Waals surface area contributed by atoms with E-state index in [1.54, 1.807) is 30.3 Å². The first kappa shape index (κ1) is 54.7. The van der Waals surface area contributed by atoms with Gasteiger partial charge in [0.2, 0.25) is 5.91 Å². The Morgan fingerprint density at radius 2 is 1.12 bits per heavy atom. The van der Waals surface area contributed by atoms with Gasteiger partial charge >= 0.3 is 0 Å². The molecule has 75 heavy (non-hydrogen) atoms. The Morgan fingerprint density at radius 3 is 1.65 bits per heavy atom. The van der Waals surface area contributed by atoms with E-state index in [1.807, 2.05) is 128 Å². The van der Waals surface area contributed by atoms with Gasteiger partial charge in [-0.1, -0.05) is 152 Å². The van der Waals surface area contributed by atoms with E-state index in [1.165, 1.54) is 14.0 Å². The summed E-state index contributed by atoms with van der Waals surface area (Å²) in [6.07, 6.45) is -17.2. The molecule has 5 aromatic rings. The number of hydrogen-bond acceptors (Lipinski definition) is 16. The lowest BCUT2D eigenvalue weighted by molar-refractivity contribution is -0.382. The molecule has 16 atom stereocenters. The Bertz CT molecular complexity index is 2630. The van der Waals surface area contributed by atoms with E-state index in [0.29, 0.717) is 5.56 Å². The van der Waals surface area contributed by atoms with Crippen LogP contribution in [0.15, 0.2) is 152 Å². The molecule has 4 saturated heterocycles. The topological polar surface area (TPSA) is 214 Å². The second-order valence-electron chi connectivity index (χ2n) is 18.9. The van der Waals surface area contributed by atoms with Crippen molar-refractivity contribution in [1.82, 2.24) is 5.32 Å². The second-order valence-corrected chi connectivity index (χ2v) is 20.5. The Balaban J connectivity index is 1.09. The van der Waals surface area contributed by atoms with Gasteiger partial charge < -0.3 is 67.3 Å². The van der Waals surface area contributed by atoms with Crippen molar-refractivity contribution in [3.63, 3.8) is 0 Å². The standard InChI is InChI=1S/C56H65NO17S/c1-35-46(65-30-38-21-11-5-12-22-38)50(66-31-39-23-13-6-14-24-39)51(67-32-40-25-15-7-16-26-40)56(69-35)72-47-42(33-64-29-37-19-9-4-10-20-37)70-54(63-3)44(57-36(2)58)49(47)74-55-45(59)52(75(60,61)62)48-43(71-55)34-68-53(73-48)41-27-17-8-18-28-41/h4-28,35,42-56,59H,29-34H2,1-3H3,(H,57,58)(H,60,61,62)/t35-,42-,43-,44-,45-,46+,47-,48+,49-,50+,51-,52-,53?,54-,55+,56+/m1/s1. The van der Waals surface area contributed by atoms with Crippen LogP contribution in [0, 0.1) is 0 Å². The van der Waals surface area contributed by atoms with Gasteiger partial charge in [0.05, 0.1) is 45.7 Å². The molecule has 5 aromatic carbocycles. The summed E-state index contributed by atoms with van der Waals surface area (Å²) >= 11 is 0. The van der Waals surface area contributed by atoms with Crippen LogP contribution in [0.5, 0.6) is 0 Å². The molecule has 0 aromatic heterocycles. The third-order valence-corrected chi connectivity index (χ3v) is 14.8. The molecule has 0 saturated carbocycles. The number of carbonyl (C=O) groups is 1. The van der Waals surface area contributed by atoms with Gasteiger partial charge in [-0.15, -0.1) is 0 Å². The first-order valence-electron chi connectivity index (χ1n) is 25.0. The second kappa shape index (κ2) is 25.9. The third-order valence-electron chi connectivity index (χ3n) is 13.5. The van der Waals surface area contributed by atoms with Gasteiger partial charge in [0.25, 0.3) is 10.1 Å². The number of hydrogen-bond donors (Lipinski definition) is 3. The van der Waals surface area contributed by atoms with Crippen LogP contribution in [-0.2, 0) is 98.2 Å². The zero-order valence-electron chi connectivity index (χ0n) is 41.8. The molecule has 0 radical (unpaired) electrons. The maximum absolute atomic E-state index is 13.4. The summed E-state index contributed by atoms with van der Waals surface area (Å²) in [5.41, 5.74) is 4.12. The van der Waals surface area contributed by atoms with Gasteiger partial charge in [-0.05, 0) is 29.2 Å². The van der Waals surface area contributed by atoms with E-state index < -0.39 is 114 Å². The molecule has 9 rings (SSSR count). The molecule has 4 aliphatic heterocycles. The monoisotopic (exact) mass is 1060 g/mol. The van der Waals surface area contributed by atoms with E-state index in [0.717, 1.165) is 22.3 Å². The SMILES string of the molecule is CO[C@@H]1O[C@H](COCc2ccccc2)[C@@H](O[C@@H]2O[C@H](C)[C@H](OCc3ccccc3)[C@H](OCc3ccccc3)[C@H]2OCc2ccccc2)[C@H](O[C@@H]2O[C@@H]3COC(c4ccccc4)O[C@@H]3[C@H](S(=O)(=O)O)[C@H]2O)[C@H]1NC(C)=O. The zero-order chi connectivity index (χ0) is 52.3. The zero-order valence-corrected chi connectivity index (χ0v) is 42.7. The lowest BCUT2D eigenvalue weighted by Crippen LogP contribution is -2.70. The number of aliphatic hydroxyl groups is 1. The van der Waals surface area contributed by atoms with Gasteiger partial charge in [-0.3, -0.25) is 9.35 Å². The fourth-order valence-electron chi connectivity index (χ4n) is 9.91. The maximum atomic E-state index is 13.4. The average Bonchev–Trinajstić information content (AvgIpc) is 3.42. The summed E-state index contributed by atoms with van der Waals surface area (Å²) in [5.74, 6) is -0.516. The highest BCUT2D eigenvalue weighted by Crippen LogP contribution is 2.40. The molecule has 4 heterocycles. The normalized spacial score (nSPS) is 32.0. The van der Waals surface area contributed by atoms with Crippen molar-refractivity contribution < 1.29 is 79.7 Å². The fraction of sp³-hybridized carbons (Fsp3) is 0.446. The maximum Gasteiger partial charge on any atom is 0.273 e. The number of carbonyl (C=O) groups excluding carboxylic acids is 1. The van der Waals surface area contributed by atoms with Crippen molar-refractivity contribution in [3.8, 4) is 0 Å². The number of methoxy groups -OCH3 is 1. The lowest BCUT2D eigenvalue weighted by atomic mass is 9.94. The number of ether oxygens (including phenoxy) is 12. The number of rotatable bonds is 21. The largest absolute Gasteiger partial charge is 0.386 e. The van der Waals surface area contributed by atoms with Crippen LogP contribution >= 0.6 is 0 Å². The molecule has 4 fully saturated rings. The van der Waals surface area contributed by atoms with E-state index in [-0.39, 0.29) is 39.6 Å². The summed E-state index contributed by atoms with van der Waals surface area (Å²) in [6, 6.07) is 46.0. The molecule has 18 nitrogen and oxygen atoms in total. The Labute approximate surface area is 437 Å². The molecule has 1 unspecified atom stereocenters. The van der Waals surface area contributed by atoms with E-state index >= 15 is 0 Å². The predicted molar refractivity (Wildman–Crippen MR) is 269 cm³/mol. The van der Waals surface area contributed by atoms with Gasteiger partial charge in [-0.2, -0.15) is 8.42 Å². The summed E-state index contributed by atoms with van der Waals surface area (Å²) in [4.78, 5) is 13.2. The molecular weight excluding hydrogens is 991 g/mol. The quantitative estimate of drug-likeness (QED) is 0.0740. The number of amides is 1.